The molecule has 5 rings (SSSR count). The number of carbonyl (C=O) groups is 1. The second-order valence-electron chi connectivity index (χ2n) is 8.66. The molecule has 0 bridgehead atoms. The Kier molecular flexibility index (Phi) is 6.81. The molecule has 9 heteroatoms. The van der Waals surface area contributed by atoms with Gasteiger partial charge in [-0.05, 0) is 60.2 Å². The molecule has 0 saturated carbocycles. The van der Waals surface area contributed by atoms with Gasteiger partial charge in [-0.25, -0.2) is 5.26 Å². The highest BCUT2D eigenvalue weighted by Crippen LogP contribution is 2.49. The van der Waals surface area contributed by atoms with Gasteiger partial charge in [0.15, 0.2) is 23.7 Å². The Morgan fingerprint density at radius 2 is 1.91 bits per heavy atom. The van der Waals surface area contributed by atoms with Crippen molar-refractivity contribution in [3.63, 3.8) is 0 Å². The lowest BCUT2D eigenvalue weighted by molar-refractivity contribution is -0.432. The third-order valence-electron chi connectivity index (χ3n) is 6.66. The van der Waals surface area contributed by atoms with Crippen molar-refractivity contribution in [2.24, 2.45) is 5.73 Å². The third kappa shape index (κ3) is 4.80. The molecule has 0 unspecified atom stereocenters. The number of hydrogen-bond donors (Lipinski definition) is 2. The normalized spacial score (nSPS) is 16.2. The van der Waals surface area contributed by atoms with Crippen molar-refractivity contribution in [2.75, 3.05) is 23.9 Å². The molecule has 3 aromatic rings. The van der Waals surface area contributed by atoms with Crippen molar-refractivity contribution in [3.8, 4) is 11.8 Å². The van der Waals surface area contributed by atoms with Gasteiger partial charge in [0.2, 0.25) is 0 Å². The SMILES string of the molecule is NCc1ccc2c(c1)C1(CCN(C(=O)c3ccc(C#Cc4ccccc4)o3)CC1)CN2SOOO. The molecule has 2 aromatic carbocycles. The van der Waals surface area contributed by atoms with Crippen molar-refractivity contribution in [1.82, 2.24) is 4.90 Å². The van der Waals surface area contributed by atoms with Crippen LogP contribution >= 0.6 is 12.2 Å². The molecule has 1 fully saturated rings. The van der Waals surface area contributed by atoms with E-state index in [1.807, 2.05) is 51.7 Å². The molecule has 0 radical (unpaired) electrons. The second kappa shape index (κ2) is 10.2. The van der Waals surface area contributed by atoms with E-state index in [1.54, 1.807) is 12.1 Å². The van der Waals surface area contributed by atoms with Gasteiger partial charge >= 0.3 is 0 Å². The minimum atomic E-state index is -0.154. The van der Waals surface area contributed by atoms with E-state index >= 15 is 0 Å². The number of likely N-dealkylation sites (tertiary alicyclic amines) is 1. The monoisotopic (exact) mass is 491 g/mol. The number of nitrogens with zero attached hydrogens (tertiary/aromatic N) is 2. The number of hydrogen-bond acceptors (Lipinski definition) is 8. The van der Waals surface area contributed by atoms with Crippen LogP contribution in [0.15, 0.2) is 65.1 Å². The van der Waals surface area contributed by atoms with Crippen molar-refractivity contribution in [3.05, 3.63) is 88.9 Å². The lowest BCUT2D eigenvalue weighted by Gasteiger charge is -2.39. The van der Waals surface area contributed by atoms with E-state index in [2.05, 4.69) is 22.9 Å². The molecule has 0 aliphatic carbocycles. The fourth-order valence-electron chi connectivity index (χ4n) is 4.81. The van der Waals surface area contributed by atoms with E-state index in [0.29, 0.717) is 37.7 Å². The molecule has 1 saturated heterocycles. The number of fused-ring (bicyclic) bond motifs is 2. The number of nitrogens with two attached hydrogens (primary N) is 1. The summed E-state index contributed by atoms with van der Waals surface area (Å²) in [7, 11) is 0. The van der Waals surface area contributed by atoms with Crippen LogP contribution in [0.5, 0.6) is 0 Å². The van der Waals surface area contributed by atoms with Crippen LogP contribution in [-0.4, -0.2) is 35.7 Å². The molecular weight excluding hydrogens is 466 g/mol. The van der Waals surface area contributed by atoms with Crippen molar-refractivity contribution < 1.29 is 23.8 Å². The topological polar surface area (TPSA) is 101 Å². The quantitative estimate of drug-likeness (QED) is 0.181. The standard InChI is InChI=1S/C26H25N3O5S/c27-17-20-7-10-23-22(16-20)26(18-29(23)35-34-33-31)12-14-28(15-13-26)25(30)24-11-9-21(32-24)8-6-19-4-2-1-3-5-19/h1-5,7,9-11,16,31H,12-15,17-18,27H2. The highest BCUT2D eigenvalue weighted by atomic mass is 32.2. The van der Waals surface area contributed by atoms with E-state index in [1.165, 1.54) is 5.56 Å². The Balaban J connectivity index is 1.29. The van der Waals surface area contributed by atoms with Gasteiger partial charge < -0.3 is 15.1 Å². The van der Waals surface area contributed by atoms with E-state index in [9.17, 15) is 4.79 Å². The van der Waals surface area contributed by atoms with Gasteiger partial charge in [0.1, 0.15) is 0 Å². The molecule has 35 heavy (non-hydrogen) atoms. The van der Waals surface area contributed by atoms with E-state index < -0.39 is 0 Å². The lowest BCUT2D eigenvalue weighted by Crippen LogP contribution is -2.46. The minimum Gasteiger partial charge on any atom is -0.443 e. The largest absolute Gasteiger partial charge is 0.443 e. The maximum absolute atomic E-state index is 13.1. The van der Waals surface area contributed by atoms with Gasteiger partial charge in [0, 0.05) is 37.2 Å². The van der Waals surface area contributed by atoms with Crippen molar-refractivity contribution in [1.29, 1.82) is 0 Å². The maximum atomic E-state index is 13.1. The number of carbonyl (C=O) groups excluding carboxylic acids is 1. The molecule has 3 N–H and O–H groups in total. The van der Waals surface area contributed by atoms with Crippen molar-refractivity contribution in [2.45, 2.75) is 24.8 Å². The zero-order valence-corrected chi connectivity index (χ0v) is 19.8. The molecule has 2 aliphatic heterocycles. The number of piperidine rings is 1. The van der Waals surface area contributed by atoms with Crippen molar-refractivity contribution >= 4 is 23.8 Å². The predicted molar refractivity (Wildman–Crippen MR) is 132 cm³/mol. The first kappa shape index (κ1) is 23.5. The maximum Gasteiger partial charge on any atom is 0.289 e. The van der Waals surface area contributed by atoms with Gasteiger partial charge in [0.25, 0.3) is 5.91 Å². The first-order chi connectivity index (χ1) is 17.1. The molecule has 0 atom stereocenters. The van der Waals surface area contributed by atoms with Crippen LogP contribution in [0.4, 0.5) is 5.69 Å². The number of furan rings is 1. The summed E-state index contributed by atoms with van der Waals surface area (Å²) in [5.41, 5.74) is 9.85. The van der Waals surface area contributed by atoms with Crippen LogP contribution in [0, 0.1) is 11.8 Å². The number of benzene rings is 2. The first-order valence-electron chi connectivity index (χ1n) is 11.3. The van der Waals surface area contributed by atoms with Crippen LogP contribution in [0.25, 0.3) is 0 Å². The zero-order valence-electron chi connectivity index (χ0n) is 19.0. The summed E-state index contributed by atoms with van der Waals surface area (Å²) in [6.45, 7) is 2.30. The van der Waals surface area contributed by atoms with Gasteiger partial charge in [-0.2, -0.15) is 0 Å². The fraction of sp³-hybridized carbons (Fsp3) is 0.269. The Hall–Kier alpha value is -3.26. The summed E-state index contributed by atoms with van der Waals surface area (Å²) in [6, 6.07) is 19.2. The Bertz CT molecular complexity index is 1260. The highest BCUT2D eigenvalue weighted by molar-refractivity contribution is 7.96. The summed E-state index contributed by atoms with van der Waals surface area (Å²) in [5, 5.41) is 12.4. The molecule has 8 nitrogen and oxygen atoms in total. The van der Waals surface area contributed by atoms with Crippen LogP contribution in [0.3, 0.4) is 0 Å². The molecule has 3 heterocycles. The molecule has 1 amide bonds. The van der Waals surface area contributed by atoms with Gasteiger partial charge in [-0.3, -0.25) is 9.10 Å². The van der Waals surface area contributed by atoms with Crippen LogP contribution in [0.1, 0.15) is 45.8 Å². The zero-order chi connectivity index (χ0) is 24.3. The second-order valence-corrected chi connectivity index (χ2v) is 9.39. The van der Waals surface area contributed by atoms with Crippen LogP contribution in [0.2, 0.25) is 0 Å². The first-order valence-corrected chi connectivity index (χ1v) is 12.0. The minimum absolute atomic E-state index is 0.134. The summed E-state index contributed by atoms with van der Waals surface area (Å²) in [6.07, 6.45) is 1.55. The number of amides is 1. The molecule has 1 spiro atoms. The Morgan fingerprint density at radius 3 is 2.66 bits per heavy atom. The summed E-state index contributed by atoms with van der Waals surface area (Å²) >= 11 is 0.939. The highest BCUT2D eigenvalue weighted by Gasteiger charge is 2.46. The molecule has 180 valence electrons. The van der Waals surface area contributed by atoms with E-state index in [-0.39, 0.29) is 11.3 Å². The van der Waals surface area contributed by atoms with Gasteiger partial charge in [-0.1, -0.05) is 41.3 Å². The van der Waals surface area contributed by atoms with E-state index in [0.717, 1.165) is 41.9 Å². The molecule has 1 aromatic heterocycles. The smallest absolute Gasteiger partial charge is 0.289 e. The molecular formula is C26H25N3O5S. The van der Waals surface area contributed by atoms with Gasteiger partial charge in [-0.15, -0.1) is 4.33 Å². The average molecular weight is 492 g/mol. The summed E-state index contributed by atoms with van der Waals surface area (Å²) < 4.78 is 12.4. The predicted octanol–water partition coefficient (Wildman–Crippen LogP) is 4.12. The lowest BCUT2D eigenvalue weighted by atomic mass is 9.74. The Morgan fingerprint density at radius 1 is 1.11 bits per heavy atom. The van der Waals surface area contributed by atoms with Crippen LogP contribution < -0.4 is 10.0 Å². The summed E-state index contributed by atoms with van der Waals surface area (Å²) in [4.78, 5) is 15.0. The average Bonchev–Trinajstić information content (AvgIpc) is 3.50. The Labute approximate surface area is 207 Å². The van der Waals surface area contributed by atoms with Gasteiger partial charge in [0.05, 0.1) is 5.69 Å². The fourth-order valence-corrected chi connectivity index (χ4v) is 5.45. The third-order valence-corrected chi connectivity index (χ3v) is 7.29. The number of rotatable bonds is 5. The summed E-state index contributed by atoms with van der Waals surface area (Å²) in [5.74, 6) is 6.64. The number of anilines is 1. The van der Waals surface area contributed by atoms with Crippen LogP contribution in [-0.2, 0) is 21.3 Å². The molecule has 2 aliphatic rings. The van der Waals surface area contributed by atoms with E-state index in [4.69, 9.17) is 19.7 Å².